The molecule has 0 radical (unpaired) electrons. The second-order valence-electron chi connectivity index (χ2n) is 4.44. The normalized spacial score (nSPS) is 12.0. The topological polar surface area (TPSA) is 99.5 Å². The number of carbonyl (C=O) groups excluding carboxylic acids is 1. The van der Waals surface area contributed by atoms with Crippen molar-refractivity contribution in [1.29, 1.82) is 5.26 Å². The molecule has 0 spiro atoms. The highest BCUT2D eigenvalue weighted by Crippen LogP contribution is 2.37. The zero-order chi connectivity index (χ0) is 15.9. The molecule has 0 bridgehead atoms. The van der Waals surface area contributed by atoms with E-state index in [4.69, 9.17) is 20.5 Å². The maximum atomic E-state index is 14.3. The van der Waals surface area contributed by atoms with Gasteiger partial charge in [-0.2, -0.15) is 5.26 Å². The number of hydrogen-bond acceptors (Lipinski definition) is 6. The van der Waals surface area contributed by atoms with Gasteiger partial charge < -0.3 is 24.5 Å². The number of hydrogen-bond donors (Lipinski definition) is 1. The van der Waals surface area contributed by atoms with Gasteiger partial charge in [-0.25, -0.2) is 9.18 Å². The second-order valence-corrected chi connectivity index (χ2v) is 4.44. The molecule has 2 aromatic rings. The van der Waals surface area contributed by atoms with Crippen molar-refractivity contribution < 1.29 is 23.4 Å². The van der Waals surface area contributed by atoms with E-state index in [-0.39, 0.29) is 35.2 Å². The molecule has 8 heteroatoms. The van der Waals surface area contributed by atoms with Gasteiger partial charge in [-0.3, -0.25) is 0 Å². The van der Waals surface area contributed by atoms with Crippen LogP contribution in [0.5, 0.6) is 11.5 Å². The average molecular weight is 303 g/mol. The summed E-state index contributed by atoms with van der Waals surface area (Å²) in [5, 5.41) is 9.05. The van der Waals surface area contributed by atoms with Crippen molar-refractivity contribution in [3.8, 4) is 23.3 Å². The van der Waals surface area contributed by atoms with Crippen LogP contribution in [-0.4, -0.2) is 24.4 Å². The molecule has 1 aliphatic heterocycles. The highest BCUT2D eigenvalue weighted by molar-refractivity contribution is 5.96. The van der Waals surface area contributed by atoms with Crippen LogP contribution in [0, 0.1) is 17.1 Å². The summed E-state index contributed by atoms with van der Waals surface area (Å²) in [5.74, 6) is -0.843. The van der Waals surface area contributed by atoms with E-state index in [0.29, 0.717) is 5.75 Å². The number of nitrogen functional groups attached to an aromatic ring is 1. The standard InChI is InChI=1S/C14H10FN3O4/c1-20-14(19)13-12(17)7(4-16)5-18(13)9-3-11-10(2-8(9)15)21-6-22-11/h2-3,5H,6,17H2,1H3. The minimum atomic E-state index is -0.781. The number of aromatic nitrogens is 1. The third-order valence-corrected chi connectivity index (χ3v) is 3.25. The molecule has 1 aliphatic rings. The molecule has 1 aromatic heterocycles. The molecule has 0 atom stereocenters. The average Bonchev–Trinajstić information content (AvgIpc) is 3.09. The van der Waals surface area contributed by atoms with Crippen molar-refractivity contribution in [2.75, 3.05) is 19.6 Å². The van der Waals surface area contributed by atoms with Crippen molar-refractivity contribution >= 4 is 11.7 Å². The largest absolute Gasteiger partial charge is 0.464 e. The van der Waals surface area contributed by atoms with Crippen LogP contribution < -0.4 is 15.2 Å². The Bertz CT molecular complexity index is 822. The van der Waals surface area contributed by atoms with Crippen LogP contribution in [0.2, 0.25) is 0 Å². The summed E-state index contributed by atoms with van der Waals surface area (Å²) >= 11 is 0. The number of esters is 1. The summed E-state index contributed by atoms with van der Waals surface area (Å²) in [6.45, 7) is -0.0145. The molecule has 0 amide bonds. The van der Waals surface area contributed by atoms with Crippen molar-refractivity contribution in [3.05, 3.63) is 35.4 Å². The summed E-state index contributed by atoms with van der Waals surface area (Å²) in [6, 6.07) is 4.35. The Kier molecular flexibility index (Phi) is 3.10. The molecule has 0 saturated heterocycles. The predicted octanol–water partition coefficient (Wildman–Crippen LogP) is 1.59. The number of nitrogens with zero attached hydrogens (tertiary/aromatic N) is 2. The van der Waals surface area contributed by atoms with Crippen LogP contribution in [0.4, 0.5) is 10.1 Å². The molecule has 0 saturated carbocycles. The zero-order valence-corrected chi connectivity index (χ0v) is 11.4. The van der Waals surface area contributed by atoms with Crippen LogP contribution in [0.15, 0.2) is 18.3 Å². The first-order valence-corrected chi connectivity index (χ1v) is 6.15. The Hall–Kier alpha value is -3.21. The lowest BCUT2D eigenvalue weighted by atomic mass is 10.2. The molecule has 2 heterocycles. The Morgan fingerprint density at radius 3 is 2.77 bits per heavy atom. The van der Waals surface area contributed by atoms with Crippen LogP contribution in [0.3, 0.4) is 0 Å². The fourth-order valence-electron chi connectivity index (χ4n) is 2.20. The summed E-state index contributed by atoms with van der Waals surface area (Å²) < 4.78 is 30.4. The summed E-state index contributed by atoms with van der Waals surface area (Å²) in [4.78, 5) is 11.9. The molecule has 1 aromatic carbocycles. The molecule has 0 aliphatic carbocycles. The van der Waals surface area contributed by atoms with Crippen LogP contribution in [0.1, 0.15) is 16.1 Å². The number of fused-ring (bicyclic) bond motifs is 1. The van der Waals surface area contributed by atoms with Gasteiger partial charge in [0, 0.05) is 18.3 Å². The van der Waals surface area contributed by atoms with E-state index in [1.165, 1.54) is 19.4 Å². The van der Waals surface area contributed by atoms with Crippen molar-refractivity contribution in [3.63, 3.8) is 0 Å². The second kappa shape index (κ2) is 4.96. The van der Waals surface area contributed by atoms with Gasteiger partial charge in [0.05, 0.1) is 24.0 Å². The van der Waals surface area contributed by atoms with E-state index in [0.717, 1.165) is 10.6 Å². The highest BCUT2D eigenvalue weighted by Gasteiger charge is 2.25. The van der Waals surface area contributed by atoms with Gasteiger partial charge >= 0.3 is 5.97 Å². The molecule has 0 unspecified atom stereocenters. The van der Waals surface area contributed by atoms with Crippen LogP contribution in [-0.2, 0) is 4.74 Å². The first kappa shape index (κ1) is 13.8. The van der Waals surface area contributed by atoms with Crippen LogP contribution >= 0.6 is 0 Å². The predicted molar refractivity (Wildman–Crippen MR) is 72.3 cm³/mol. The lowest BCUT2D eigenvalue weighted by Gasteiger charge is -2.10. The maximum Gasteiger partial charge on any atom is 0.357 e. The Labute approximate surface area is 124 Å². The quantitative estimate of drug-likeness (QED) is 0.846. The molecule has 7 nitrogen and oxygen atoms in total. The summed E-state index contributed by atoms with van der Waals surface area (Å²) in [7, 11) is 1.17. The number of carbonyl (C=O) groups is 1. The number of anilines is 1. The summed E-state index contributed by atoms with van der Waals surface area (Å²) in [6.07, 6.45) is 1.27. The minimum Gasteiger partial charge on any atom is -0.464 e. The number of methoxy groups -OCH3 is 1. The smallest absolute Gasteiger partial charge is 0.357 e. The third-order valence-electron chi connectivity index (χ3n) is 3.25. The fraction of sp³-hybridized carbons (Fsp3) is 0.143. The number of halogens is 1. The molecule has 22 heavy (non-hydrogen) atoms. The Morgan fingerprint density at radius 2 is 2.14 bits per heavy atom. The maximum absolute atomic E-state index is 14.3. The van der Waals surface area contributed by atoms with E-state index in [1.807, 2.05) is 6.07 Å². The van der Waals surface area contributed by atoms with Gasteiger partial charge in [-0.15, -0.1) is 0 Å². The first-order valence-electron chi connectivity index (χ1n) is 6.15. The van der Waals surface area contributed by atoms with E-state index < -0.39 is 11.8 Å². The monoisotopic (exact) mass is 303 g/mol. The van der Waals surface area contributed by atoms with Crippen molar-refractivity contribution in [2.45, 2.75) is 0 Å². The van der Waals surface area contributed by atoms with Crippen molar-refractivity contribution in [1.82, 2.24) is 4.57 Å². The zero-order valence-electron chi connectivity index (χ0n) is 11.4. The molecule has 3 rings (SSSR count). The van der Waals surface area contributed by atoms with Gasteiger partial charge in [-0.1, -0.05) is 0 Å². The van der Waals surface area contributed by atoms with E-state index in [2.05, 4.69) is 4.74 Å². The highest BCUT2D eigenvalue weighted by atomic mass is 19.1. The minimum absolute atomic E-state index is 0.00199. The summed E-state index contributed by atoms with van der Waals surface area (Å²) in [5.41, 5.74) is 5.60. The Balaban J connectivity index is 2.25. The number of nitriles is 1. The lowest BCUT2D eigenvalue weighted by molar-refractivity contribution is 0.0593. The lowest BCUT2D eigenvalue weighted by Crippen LogP contribution is -2.12. The third kappa shape index (κ3) is 1.91. The molecular weight excluding hydrogens is 293 g/mol. The molecular formula is C14H10FN3O4. The number of ether oxygens (including phenoxy) is 3. The van der Waals surface area contributed by atoms with E-state index in [1.54, 1.807) is 0 Å². The van der Waals surface area contributed by atoms with E-state index >= 15 is 0 Å². The van der Waals surface area contributed by atoms with E-state index in [9.17, 15) is 9.18 Å². The van der Waals surface area contributed by atoms with Gasteiger partial charge in [0.15, 0.2) is 23.0 Å². The number of rotatable bonds is 2. The Morgan fingerprint density at radius 1 is 1.45 bits per heavy atom. The van der Waals surface area contributed by atoms with Crippen molar-refractivity contribution in [2.24, 2.45) is 0 Å². The molecule has 0 fully saturated rings. The van der Waals surface area contributed by atoms with Gasteiger partial charge in [0.25, 0.3) is 0 Å². The van der Waals surface area contributed by atoms with Crippen LogP contribution in [0.25, 0.3) is 5.69 Å². The van der Waals surface area contributed by atoms with Gasteiger partial charge in [0.1, 0.15) is 6.07 Å². The first-order chi connectivity index (χ1) is 10.6. The van der Waals surface area contributed by atoms with Gasteiger partial charge in [-0.05, 0) is 0 Å². The SMILES string of the molecule is COC(=O)c1c(N)c(C#N)cn1-c1cc2c(cc1F)OCO2. The fourth-order valence-corrected chi connectivity index (χ4v) is 2.20. The molecule has 2 N–H and O–H groups in total. The van der Waals surface area contributed by atoms with Gasteiger partial charge in [0.2, 0.25) is 6.79 Å². The number of nitrogens with two attached hydrogens (primary N) is 1. The molecule has 112 valence electrons. The number of benzene rings is 1.